The van der Waals surface area contributed by atoms with Crippen molar-refractivity contribution >= 4 is 12.2 Å². The molecule has 0 atom stereocenters. The topological polar surface area (TPSA) is 49.7 Å². The zero-order valence-electron chi connectivity index (χ0n) is 9.70. The number of unbranched alkanes of at least 4 members (excludes halogenated alkanes) is 3. The summed E-state index contributed by atoms with van der Waals surface area (Å²) in [6.07, 6.45) is 8.96. The number of hydrogen-bond donors (Lipinski definition) is 1. The van der Waals surface area contributed by atoms with Crippen LogP contribution in [0.25, 0.3) is 0 Å². The van der Waals surface area contributed by atoms with Crippen LogP contribution in [0.4, 0.5) is 0 Å². The lowest BCUT2D eigenvalue weighted by molar-refractivity contribution is -0.132. The van der Waals surface area contributed by atoms with Crippen molar-refractivity contribution in [1.29, 1.82) is 0 Å². The summed E-state index contributed by atoms with van der Waals surface area (Å²) in [5.41, 5.74) is 0.382. The summed E-state index contributed by atoms with van der Waals surface area (Å²) in [5.74, 6) is -0.855. The summed E-state index contributed by atoms with van der Waals surface area (Å²) in [6.45, 7) is 4.64. The Bertz CT molecular complexity index is 232. The number of rotatable bonds is 8. The van der Waals surface area contributed by atoms with E-state index in [0.717, 1.165) is 13.0 Å². The lowest BCUT2D eigenvalue weighted by atomic mass is 10.2. The molecule has 0 radical (unpaired) electrons. The van der Waals surface area contributed by atoms with E-state index in [9.17, 15) is 4.79 Å². The quantitative estimate of drug-likeness (QED) is 0.381. The number of aliphatic imine (C=N–C) groups is 1. The highest BCUT2D eigenvalue weighted by Gasteiger charge is 1.96. The van der Waals surface area contributed by atoms with Crippen LogP contribution in [-0.4, -0.2) is 23.8 Å². The molecule has 1 N–H and O–H groups in total. The van der Waals surface area contributed by atoms with Gasteiger partial charge < -0.3 is 5.11 Å². The maximum absolute atomic E-state index is 10.4. The van der Waals surface area contributed by atoms with Gasteiger partial charge in [0.25, 0.3) is 0 Å². The monoisotopic (exact) mass is 211 g/mol. The van der Waals surface area contributed by atoms with Gasteiger partial charge in [-0.15, -0.1) is 0 Å². The molecule has 3 heteroatoms. The molecule has 0 unspecified atom stereocenters. The third-order valence-corrected chi connectivity index (χ3v) is 2.14. The Kier molecular flexibility index (Phi) is 8.73. The third kappa shape index (κ3) is 9.19. The molecular weight excluding hydrogens is 190 g/mol. The normalized spacial score (nSPS) is 12.3. The summed E-state index contributed by atoms with van der Waals surface area (Å²) >= 11 is 0. The van der Waals surface area contributed by atoms with E-state index in [2.05, 4.69) is 11.9 Å². The maximum atomic E-state index is 10.4. The van der Waals surface area contributed by atoms with Gasteiger partial charge in [0, 0.05) is 24.8 Å². The Balaban J connectivity index is 3.47. The average Bonchev–Trinajstić information content (AvgIpc) is 2.21. The van der Waals surface area contributed by atoms with E-state index in [-0.39, 0.29) is 0 Å². The Hall–Kier alpha value is -1.12. The standard InChI is InChI=1S/C12H21NO2/c1-3-4-5-6-9-13-10-7-8-11(2)12(14)15/h8,10H,3-7,9H2,1-2H3,(H,14,15). The molecule has 0 fully saturated rings. The summed E-state index contributed by atoms with van der Waals surface area (Å²) in [6, 6.07) is 0. The molecule has 3 nitrogen and oxygen atoms in total. The molecule has 0 aromatic rings. The lowest BCUT2D eigenvalue weighted by Gasteiger charge is -1.94. The molecule has 0 saturated carbocycles. The number of nitrogens with zero attached hydrogens (tertiary/aromatic N) is 1. The van der Waals surface area contributed by atoms with E-state index < -0.39 is 5.97 Å². The minimum atomic E-state index is -0.855. The second-order valence-corrected chi connectivity index (χ2v) is 3.58. The first-order valence-corrected chi connectivity index (χ1v) is 5.56. The SMILES string of the molecule is CCCCCCN=CCC=C(C)C(=O)O. The summed E-state index contributed by atoms with van der Waals surface area (Å²) in [4.78, 5) is 14.6. The Labute approximate surface area is 91.9 Å². The zero-order chi connectivity index (χ0) is 11.5. The van der Waals surface area contributed by atoms with Crippen molar-refractivity contribution in [2.24, 2.45) is 4.99 Å². The first-order chi connectivity index (χ1) is 7.18. The second kappa shape index (κ2) is 9.44. The molecular formula is C12H21NO2. The van der Waals surface area contributed by atoms with Gasteiger partial charge in [-0.05, 0) is 13.3 Å². The van der Waals surface area contributed by atoms with Crippen molar-refractivity contribution in [3.8, 4) is 0 Å². The fourth-order valence-electron chi connectivity index (χ4n) is 1.11. The first-order valence-electron chi connectivity index (χ1n) is 5.56. The highest BCUT2D eigenvalue weighted by Crippen LogP contribution is 1.98. The van der Waals surface area contributed by atoms with Crippen molar-refractivity contribution in [3.05, 3.63) is 11.6 Å². The molecule has 0 aromatic heterocycles. The molecule has 0 heterocycles. The van der Waals surface area contributed by atoms with Gasteiger partial charge in [-0.1, -0.05) is 32.3 Å². The van der Waals surface area contributed by atoms with Crippen LogP contribution in [0.15, 0.2) is 16.6 Å². The Morgan fingerprint density at radius 2 is 2.07 bits per heavy atom. The van der Waals surface area contributed by atoms with Crippen LogP contribution in [-0.2, 0) is 4.79 Å². The fraction of sp³-hybridized carbons (Fsp3) is 0.667. The minimum absolute atomic E-state index is 0.382. The van der Waals surface area contributed by atoms with E-state index in [0.29, 0.717) is 12.0 Å². The first kappa shape index (κ1) is 13.9. The maximum Gasteiger partial charge on any atom is 0.330 e. The number of carboxylic acid groups (broad SMARTS) is 1. The third-order valence-electron chi connectivity index (χ3n) is 2.14. The second-order valence-electron chi connectivity index (χ2n) is 3.58. The molecule has 0 amide bonds. The molecule has 15 heavy (non-hydrogen) atoms. The van der Waals surface area contributed by atoms with Gasteiger partial charge in [-0.25, -0.2) is 4.79 Å². The van der Waals surface area contributed by atoms with Gasteiger partial charge in [0.2, 0.25) is 0 Å². The predicted molar refractivity (Wildman–Crippen MR) is 63.5 cm³/mol. The molecule has 0 aliphatic heterocycles. The molecule has 0 aromatic carbocycles. The van der Waals surface area contributed by atoms with E-state index in [4.69, 9.17) is 5.11 Å². The van der Waals surface area contributed by atoms with Crippen LogP contribution in [0.1, 0.15) is 46.0 Å². The molecule has 0 bridgehead atoms. The highest BCUT2D eigenvalue weighted by molar-refractivity contribution is 5.86. The van der Waals surface area contributed by atoms with E-state index in [1.165, 1.54) is 19.3 Å². The molecule has 0 saturated heterocycles. The molecule has 0 aliphatic rings. The van der Waals surface area contributed by atoms with Crippen LogP contribution in [0, 0.1) is 0 Å². The number of carbonyl (C=O) groups is 1. The lowest BCUT2D eigenvalue weighted by Crippen LogP contribution is -1.95. The molecule has 0 spiro atoms. The van der Waals surface area contributed by atoms with Gasteiger partial charge in [-0.3, -0.25) is 4.99 Å². The smallest absolute Gasteiger partial charge is 0.330 e. The molecule has 0 aliphatic carbocycles. The summed E-state index contributed by atoms with van der Waals surface area (Å²) in [7, 11) is 0. The fourth-order valence-corrected chi connectivity index (χ4v) is 1.11. The molecule has 86 valence electrons. The minimum Gasteiger partial charge on any atom is -0.478 e. The van der Waals surface area contributed by atoms with Gasteiger partial charge in [-0.2, -0.15) is 0 Å². The van der Waals surface area contributed by atoms with Crippen LogP contribution >= 0.6 is 0 Å². The highest BCUT2D eigenvalue weighted by atomic mass is 16.4. The number of hydrogen-bond acceptors (Lipinski definition) is 2. The number of carboxylic acids is 1. The van der Waals surface area contributed by atoms with Crippen molar-refractivity contribution < 1.29 is 9.90 Å². The molecule has 0 rings (SSSR count). The summed E-state index contributed by atoms with van der Waals surface area (Å²) < 4.78 is 0. The Morgan fingerprint density at radius 3 is 2.67 bits per heavy atom. The largest absolute Gasteiger partial charge is 0.478 e. The van der Waals surface area contributed by atoms with Crippen LogP contribution in [0.5, 0.6) is 0 Å². The Morgan fingerprint density at radius 1 is 1.33 bits per heavy atom. The summed E-state index contributed by atoms with van der Waals surface area (Å²) in [5, 5.41) is 8.57. The van der Waals surface area contributed by atoms with Crippen LogP contribution in [0.2, 0.25) is 0 Å². The van der Waals surface area contributed by atoms with E-state index in [1.54, 1.807) is 19.2 Å². The van der Waals surface area contributed by atoms with Crippen molar-refractivity contribution in [2.75, 3.05) is 6.54 Å². The number of aliphatic carboxylic acids is 1. The van der Waals surface area contributed by atoms with E-state index >= 15 is 0 Å². The van der Waals surface area contributed by atoms with Crippen molar-refractivity contribution in [2.45, 2.75) is 46.0 Å². The van der Waals surface area contributed by atoms with E-state index in [1.807, 2.05) is 0 Å². The average molecular weight is 211 g/mol. The van der Waals surface area contributed by atoms with Gasteiger partial charge in [0.1, 0.15) is 0 Å². The predicted octanol–water partition coefficient (Wildman–Crippen LogP) is 3.06. The van der Waals surface area contributed by atoms with Gasteiger partial charge in [0.15, 0.2) is 0 Å². The zero-order valence-corrected chi connectivity index (χ0v) is 9.70. The van der Waals surface area contributed by atoms with Crippen LogP contribution in [0.3, 0.4) is 0 Å². The van der Waals surface area contributed by atoms with Crippen LogP contribution < -0.4 is 0 Å². The number of allylic oxidation sites excluding steroid dienone is 1. The van der Waals surface area contributed by atoms with Gasteiger partial charge >= 0.3 is 5.97 Å². The van der Waals surface area contributed by atoms with Crippen molar-refractivity contribution in [1.82, 2.24) is 0 Å². The van der Waals surface area contributed by atoms with Gasteiger partial charge in [0.05, 0.1) is 0 Å². The van der Waals surface area contributed by atoms with Crippen molar-refractivity contribution in [3.63, 3.8) is 0 Å².